The summed E-state index contributed by atoms with van der Waals surface area (Å²) in [7, 11) is 0. The minimum Gasteiger partial charge on any atom is -0.484 e. The maximum absolute atomic E-state index is 13.2. The number of benzene rings is 2. The molecule has 0 radical (unpaired) electrons. The molecule has 0 fully saturated rings. The fourth-order valence-electron chi connectivity index (χ4n) is 3.27. The topological polar surface area (TPSA) is 58.6 Å². The maximum Gasteiger partial charge on any atom is 0.261 e. The molecule has 2 aromatic carbocycles. The van der Waals surface area contributed by atoms with Crippen molar-refractivity contribution in [3.05, 3.63) is 64.1 Å². The van der Waals surface area contributed by atoms with Crippen LogP contribution < -0.4 is 10.1 Å². The number of carbonyl (C=O) groups excluding carboxylic acids is 2. The van der Waals surface area contributed by atoms with E-state index >= 15 is 0 Å². The van der Waals surface area contributed by atoms with Gasteiger partial charge in [-0.15, -0.1) is 0 Å². The summed E-state index contributed by atoms with van der Waals surface area (Å²) < 4.78 is 6.76. The number of carbonyl (C=O) groups is 2. The number of rotatable bonds is 11. The van der Waals surface area contributed by atoms with Gasteiger partial charge in [-0.3, -0.25) is 9.59 Å². The Morgan fingerprint density at radius 1 is 1.10 bits per heavy atom. The first kappa shape index (κ1) is 24.9. The van der Waals surface area contributed by atoms with Gasteiger partial charge in [-0.2, -0.15) is 0 Å². The van der Waals surface area contributed by atoms with Crippen molar-refractivity contribution in [2.45, 2.75) is 59.0 Å². The Balaban J connectivity index is 2.14. The van der Waals surface area contributed by atoms with Crippen LogP contribution in [-0.4, -0.2) is 41.9 Å². The Kier molecular flexibility index (Phi) is 10.0. The van der Waals surface area contributed by atoms with Crippen molar-refractivity contribution in [1.29, 1.82) is 0 Å². The molecule has 0 aromatic heterocycles. The number of amides is 2. The van der Waals surface area contributed by atoms with Gasteiger partial charge in [0.15, 0.2) is 6.61 Å². The molecule has 0 aliphatic heterocycles. The van der Waals surface area contributed by atoms with E-state index in [-0.39, 0.29) is 24.5 Å². The van der Waals surface area contributed by atoms with Crippen LogP contribution in [0.25, 0.3) is 0 Å². The van der Waals surface area contributed by atoms with Crippen LogP contribution in [0, 0.1) is 6.92 Å². The maximum atomic E-state index is 13.2. The van der Waals surface area contributed by atoms with Gasteiger partial charge in [0, 0.05) is 17.1 Å². The second kappa shape index (κ2) is 12.5. The predicted octanol–water partition coefficient (Wildman–Crippen LogP) is 4.90. The summed E-state index contributed by atoms with van der Waals surface area (Å²) in [6, 6.07) is 15.1. The van der Waals surface area contributed by atoms with Crippen LogP contribution in [0.1, 0.15) is 44.7 Å². The molecule has 2 rings (SSSR count). The SMILES string of the molecule is CC[C@@H](C)NC(=O)[C@H](CC)N(CCc1ccccc1)C(=O)COc1ccc(Br)c(C)c1. The number of hydrogen-bond acceptors (Lipinski definition) is 3. The Morgan fingerprint density at radius 2 is 1.81 bits per heavy atom. The molecule has 2 aromatic rings. The van der Waals surface area contributed by atoms with E-state index in [1.54, 1.807) is 4.90 Å². The lowest BCUT2D eigenvalue weighted by Crippen LogP contribution is -2.52. The summed E-state index contributed by atoms with van der Waals surface area (Å²) in [5.74, 6) is 0.328. The normalized spacial score (nSPS) is 12.7. The Labute approximate surface area is 194 Å². The highest BCUT2D eigenvalue weighted by Gasteiger charge is 2.29. The van der Waals surface area contributed by atoms with Crippen LogP contribution in [0.5, 0.6) is 5.75 Å². The number of nitrogens with one attached hydrogen (secondary N) is 1. The molecule has 5 nitrogen and oxygen atoms in total. The summed E-state index contributed by atoms with van der Waals surface area (Å²) in [6.45, 7) is 8.25. The summed E-state index contributed by atoms with van der Waals surface area (Å²) >= 11 is 3.47. The molecule has 0 saturated heterocycles. The van der Waals surface area contributed by atoms with E-state index in [9.17, 15) is 9.59 Å². The molecule has 31 heavy (non-hydrogen) atoms. The third kappa shape index (κ3) is 7.69. The smallest absolute Gasteiger partial charge is 0.261 e. The molecular formula is C25H33BrN2O3. The largest absolute Gasteiger partial charge is 0.484 e. The Morgan fingerprint density at radius 3 is 2.42 bits per heavy atom. The molecular weight excluding hydrogens is 456 g/mol. The van der Waals surface area contributed by atoms with Crippen molar-refractivity contribution in [2.75, 3.05) is 13.2 Å². The highest BCUT2D eigenvalue weighted by Crippen LogP contribution is 2.21. The standard InChI is InChI=1S/C25H33BrN2O3/c1-5-19(4)27-25(30)23(6-2)28(15-14-20-10-8-7-9-11-20)24(29)17-31-21-12-13-22(26)18(3)16-21/h7-13,16,19,23H,5-6,14-15,17H2,1-4H3,(H,27,30)/t19-,23+/m1/s1. The van der Waals surface area contributed by atoms with Crippen molar-refractivity contribution in [1.82, 2.24) is 10.2 Å². The average molecular weight is 489 g/mol. The zero-order valence-corrected chi connectivity index (χ0v) is 20.4. The molecule has 0 heterocycles. The quantitative estimate of drug-likeness (QED) is 0.489. The monoisotopic (exact) mass is 488 g/mol. The van der Waals surface area contributed by atoms with E-state index < -0.39 is 6.04 Å². The average Bonchev–Trinajstić information content (AvgIpc) is 2.77. The second-order valence-corrected chi connectivity index (χ2v) is 8.62. The Hall–Kier alpha value is -2.34. The zero-order valence-electron chi connectivity index (χ0n) is 18.9. The van der Waals surface area contributed by atoms with Crippen LogP contribution >= 0.6 is 15.9 Å². The summed E-state index contributed by atoms with van der Waals surface area (Å²) in [4.78, 5) is 27.7. The van der Waals surface area contributed by atoms with Crippen LogP contribution in [0.3, 0.4) is 0 Å². The van der Waals surface area contributed by atoms with E-state index in [0.29, 0.717) is 25.1 Å². The molecule has 0 unspecified atom stereocenters. The van der Waals surface area contributed by atoms with Gasteiger partial charge in [0.1, 0.15) is 11.8 Å². The molecule has 2 amide bonds. The fraction of sp³-hybridized carbons (Fsp3) is 0.440. The molecule has 0 saturated carbocycles. The predicted molar refractivity (Wildman–Crippen MR) is 128 cm³/mol. The summed E-state index contributed by atoms with van der Waals surface area (Å²) in [5, 5.41) is 3.02. The van der Waals surface area contributed by atoms with Crippen molar-refractivity contribution < 1.29 is 14.3 Å². The highest BCUT2D eigenvalue weighted by atomic mass is 79.9. The van der Waals surface area contributed by atoms with Gasteiger partial charge in [-0.05, 0) is 62.4 Å². The molecule has 0 bridgehead atoms. The lowest BCUT2D eigenvalue weighted by atomic mass is 10.1. The lowest BCUT2D eigenvalue weighted by molar-refractivity contribution is -0.142. The molecule has 2 atom stereocenters. The van der Waals surface area contributed by atoms with Crippen LogP contribution in [0.4, 0.5) is 0 Å². The number of halogens is 1. The van der Waals surface area contributed by atoms with Crippen molar-refractivity contribution in [3.8, 4) is 5.75 Å². The summed E-state index contributed by atoms with van der Waals surface area (Å²) in [5.41, 5.74) is 2.16. The van der Waals surface area contributed by atoms with E-state index in [0.717, 1.165) is 22.0 Å². The van der Waals surface area contributed by atoms with Gasteiger partial charge < -0.3 is 15.0 Å². The molecule has 1 N–H and O–H groups in total. The van der Waals surface area contributed by atoms with Crippen molar-refractivity contribution in [2.24, 2.45) is 0 Å². The lowest BCUT2D eigenvalue weighted by Gasteiger charge is -2.31. The van der Waals surface area contributed by atoms with E-state index in [4.69, 9.17) is 4.74 Å². The van der Waals surface area contributed by atoms with Crippen molar-refractivity contribution >= 4 is 27.7 Å². The van der Waals surface area contributed by atoms with Gasteiger partial charge in [0.2, 0.25) is 5.91 Å². The van der Waals surface area contributed by atoms with Crippen LogP contribution in [0.2, 0.25) is 0 Å². The van der Waals surface area contributed by atoms with Gasteiger partial charge in [-0.1, -0.05) is 60.1 Å². The van der Waals surface area contributed by atoms with Gasteiger partial charge >= 0.3 is 0 Å². The third-order valence-corrected chi connectivity index (χ3v) is 6.25. The van der Waals surface area contributed by atoms with Crippen molar-refractivity contribution in [3.63, 3.8) is 0 Å². The van der Waals surface area contributed by atoms with Crippen LogP contribution in [0.15, 0.2) is 53.0 Å². The zero-order chi connectivity index (χ0) is 22.8. The summed E-state index contributed by atoms with van der Waals surface area (Å²) in [6.07, 6.45) is 2.06. The highest BCUT2D eigenvalue weighted by molar-refractivity contribution is 9.10. The van der Waals surface area contributed by atoms with Crippen LogP contribution in [-0.2, 0) is 16.0 Å². The third-order valence-electron chi connectivity index (χ3n) is 5.36. The van der Waals surface area contributed by atoms with E-state index in [2.05, 4.69) is 21.2 Å². The fourth-order valence-corrected chi connectivity index (χ4v) is 3.52. The number of nitrogens with zero attached hydrogens (tertiary/aromatic N) is 1. The molecule has 0 aliphatic rings. The minimum absolute atomic E-state index is 0.0645. The van der Waals surface area contributed by atoms with Gasteiger partial charge in [0.25, 0.3) is 5.91 Å². The molecule has 0 aliphatic carbocycles. The Bertz CT molecular complexity index is 857. The van der Waals surface area contributed by atoms with E-state index in [1.807, 2.05) is 76.2 Å². The second-order valence-electron chi connectivity index (χ2n) is 7.76. The number of aryl methyl sites for hydroxylation is 1. The molecule has 168 valence electrons. The van der Waals surface area contributed by atoms with Gasteiger partial charge in [0.05, 0.1) is 0 Å². The van der Waals surface area contributed by atoms with Gasteiger partial charge in [-0.25, -0.2) is 0 Å². The first-order valence-electron chi connectivity index (χ1n) is 10.9. The van der Waals surface area contributed by atoms with E-state index in [1.165, 1.54) is 0 Å². The molecule has 0 spiro atoms. The minimum atomic E-state index is -0.527. The number of ether oxygens (including phenoxy) is 1. The molecule has 6 heteroatoms. The first-order chi connectivity index (χ1) is 14.8. The first-order valence-corrected chi connectivity index (χ1v) is 11.7. The number of hydrogen-bond donors (Lipinski definition) is 1.